The van der Waals surface area contributed by atoms with Gasteiger partial charge in [0.1, 0.15) is 5.75 Å². The molecule has 3 nitrogen and oxygen atoms in total. The molecule has 0 saturated heterocycles. The van der Waals surface area contributed by atoms with Gasteiger partial charge in [0.15, 0.2) is 0 Å². The lowest BCUT2D eigenvalue weighted by atomic mass is 10.1. The van der Waals surface area contributed by atoms with Gasteiger partial charge >= 0.3 is 0 Å². The van der Waals surface area contributed by atoms with Gasteiger partial charge in [0.25, 0.3) is 0 Å². The number of nitrogens with zero attached hydrogens (tertiary/aromatic N) is 1. The van der Waals surface area contributed by atoms with Crippen LogP contribution in [0.4, 0.5) is 0 Å². The Balaban J connectivity index is 1.83. The second-order valence-corrected chi connectivity index (χ2v) is 5.60. The SMILES string of the molecule is O=C=NC1(c2cc(Cl)cc(OCC3CC3)c2)CC1. The fraction of sp³-hybridized carbons (Fsp3) is 0.500. The third kappa shape index (κ3) is 2.43. The number of hydrogen-bond donors (Lipinski definition) is 0. The molecule has 0 unspecified atom stereocenters. The number of aliphatic imine (C=N–C) groups is 1. The maximum absolute atomic E-state index is 10.5. The first-order valence-corrected chi connectivity index (χ1v) is 6.62. The third-order valence-electron chi connectivity index (χ3n) is 3.57. The highest BCUT2D eigenvalue weighted by molar-refractivity contribution is 6.30. The summed E-state index contributed by atoms with van der Waals surface area (Å²) in [5, 5.41) is 0.630. The van der Waals surface area contributed by atoms with Gasteiger partial charge in [0, 0.05) is 5.02 Å². The van der Waals surface area contributed by atoms with Crippen LogP contribution in [0.2, 0.25) is 5.02 Å². The minimum absolute atomic E-state index is 0.385. The van der Waals surface area contributed by atoms with Crippen molar-refractivity contribution in [2.45, 2.75) is 31.2 Å². The Morgan fingerprint density at radius 1 is 1.39 bits per heavy atom. The number of halogens is 1. The summed E-state index contributed by atoms with van der Waals surface area (Å²) in [5.41, 5.74) is 0.578. The van der Waals surface area contributed by atoms with Crippen molar-refractivity contribution in [2.24, 2.45) is 10.9 Å². The van der Waals surface area contributed by atoms with E-state index in [2.05, 4.69) is 4.99 Å². The molecule has 0 radical (unpaired) electrons. The Labute approximate surface area is 111 Å². The quantitative estimate of drug-likeness (QED) is 0.603. The molecule has 94 valence electrons. The van der Waals surface area contributed by atoms with Crippen LogP contribution in [-0.4, -0.2) is 12.7 Å². The van der Waals surface area contributed by atoms with E-state index in [0.717, 1.165) is 30.8 Å². The highest BCUT2D eigenvalue weighted by atomic mass is 35.5. The standard InChI is InChI=1S/C14H14ClNO2/c15-12-5-11(14(3-4-14)16-9-17)6-13(7-12)18-8-10-1-2-10/h5-7,10H,1-4,8H2. The van der Waals surface area contributed by atoms with Crippen molar-refractivity contribution in [3.05, 3.63) is 28.8 Å². The van der Waals surface area contributed by atoms with Gasteiger partial charge in [-0.05, 0) is 55.4 Å². The number of isocyanates is 1. The lowest BCUT2D eigenvalue weighted by molar-refractivity contribution is 0.299. The van der Waals surface area contributed by atoms with Crippen molar-refractivity contribution < 1.29 is 9.53 Å². The maximum Gasteiger partial charge on any atom is 0.235 e. The van der Waals surface area contributed by atoms with Gasteiger partial charge in [-0.15, -0.1) is 0 Å². The summed E-state index contributed by atoms with van der Waals surface area (Å²) < 4.78 is 5.73. The highest BCUT2D eigenvalue weighted by Crippen LogP contribution is 2.50. The smallest absolute Gasteiger partial charge is 0.235 e. The first-order valence-electron chi connectivity index (χ1n) is 6.25. The largest absolute Gasteiger partial charge is 0.493 e. The zero-order valence-electron chi connectivity index (χ0n) is 9.99. The van der Waals surface area contributed by atoms with Crippen LogP contribution in [-0.2, 0) is 10.3 Å². The summed E-state index contributed by atoms with van der Waals surface area (Å²) in [6, 6.07) is 5.62. The van der Waals surface area contributed by atoms with Gasteiger partial charge in [-0.1, -0.05) is 11.6 Å². The van der Waals surface area contributed by atoms with Crippen molar-refractivity contribution in [1.82, 2.24) is 0 Å². The molecule has 0 N–H and O–H groups in total. The molecule has 1 aromatic carbocycles. The first-order chi connectivity index (χ1) is 8.72. The Bertz CT molecular complexity index is 515. The first kappa shape index (κ1) is 11.8. The second-order valence-electron chi connectivity index (χ2n) is 5.16. The molecule has 0 bridgehead atoms. The summed E-state index contributed by atoms with van der Waals surface area (Å²) in [6.45, 7) is 0.754. The molecule has 3 rings (SSSR count). The molecule has 18 heavy (non-hydrogen) atoms. The molecular formula is C14H14ClNO2. The van der Waals surface area contributed by atoms with E-state index in [1.54, 1.807) is 6.08 Å². The summed E-state index contributed by atoms with van der Waals surface area (Å²) in [4.78, 5) is 14.4. The average Bonchev–Trinajstić information content (AvgIpc) is 3.22. The van der Waals surface area contributed by atoms with E-state index < -0.39 is 0 Å². The number of benzene rings is 1. The lowest BCUT2D eigenvalue weighted by Crippen LogP contribution is -2.04. The predicted molar refractivity (Wildman–Crippen MR) is 68.7 cm³/mol. The fourth-order valence-electron chi connectivity index (χ4n) is 2.08. The second kappa shape index (κ2) is 4.42. The molecule has 2 saturated carbocycles. The highest BCUT2D eigenvalue weighted by Gasteiger charge is 2.45. The predicted octanol–water partition coefficient (Wildman–Crippen LogP) is 3.45. The van der Waals surface area contributed by atoms with Crippen LogP contribution in [0.1, 0.15) is 31.2 Å². The van der Waals surface area contributed by atoms with Gasteiger partial charge in [-0.3, -0.25) is 0 Å². The Kier molecular flexibility index (Phi) is 2.89. The van der Waals surface area contributed by atoms with E-state index in [9.17, 15) is 4.79 Å². The van der Waals surface area contributed by atoms with E-state index in [0.29, 0.717) is 10.9 Å². The zero-order valence-corrected chi connectivity index (χ0v) is 10.7. The molecule has 0 aliphatic heterocycles. The molecule has 0 atom stereocenters. The van der Waals surface area contributed by atoms with Crippen molar-refractivity contribution in [2.75, 3.05) is 6.61 Å². The molecule has 0 heterocycles. The minimum Gasteiger partial charge on any atom is -0.493 e. The molecule has 0 amide bonds. The van der Waals surface area contributed by atoms with Crippen molar-refractivity contribution in [1.29, 1.82) is 0 Å². The Morgan fingerprint density at radius 3 is 2.78 bits per heavy atom. The van der Waals surface area contributed by atoms with Crippen LogP contribution in [0.25, 0.3) is 0 Å². The molecule has 2 aliphatic carbocycles. The van der Waals surface area contributed by atoms with Gasteiger partial charge in [0.05, 0.1) is 12.1 Å². The van der Waals surface area contributed by atoms with E-state index in [4.69, 9.17) is 16.3 Å². The van der Waals surface area contributed by atoms with Crippen LogP contribution in [0, 0.1) is 5.92 Å². The van der Waals surface area contributed by atoms with E-state index in [1.807, 2.05) is 18.2 Å². The zero-order chi connectivity index (χ0) is 12.6. The van der Waals surface area contributed by atoms with Crippen LogP contribution in [0.5, 0.6) is 5.75 Å². The van der Waals surface area contributed by atoms with Crippen LogP contribution in [0.3, 0.4) is 0 Å². The number of hydrogen-bond acceptors (Lipinski definition) is 3. The third-order valence-corrected chi connectivity index (χ3v) is 3.79. The monoisotopic (exact) mass is 263 g/mol. The summed E-state index contributed by atoms with van der Waals surface area (Å²) in [5.74, 6) is 1.48. The number of carbonyl (C=O) groups excluding carboxylic acids is 1. The van der Waals surface area contributed by atoms with Gasteiger partial charge in [-0.25, -0.2) is 4.79 Å². The van der Waals surface area contributed by atoms with E-state index in [1.165, 1.54) is 12.8 Å². The molecule has 4 heteroatoms. The average molecular weight is 264 g/mol. The van der Waals surface area contributed by atoms with Crippen LogP contribution in [0.15, 0.2) is 23.2 Å². The Morgan fingerprint density at radius 2 is 2.17 bits per heavy atom. The lowest BCUT2D eigenvalue weighted by Gasteiger charge is -2.12. The van der Waals surface area contributed by atoms with Crippen molar-refractivity contribution >= 4 is 17.7 Å². The van der Waals surface area contributed by atoms with Crippen molar-refractivity contribution in [3.63, 3.8) is 0 Å². The fourth-order valence-corrected chi connectivity index (χ4v) is 2.31. The molecule has 0 spiro atoms. The maximum atomic E-state index is 10.5. The minimum atomic E-state index is -0.385. The summed E-state index contributed by atoms with van der Waals surface area (Å²) >= 11 is 6.09. The Hall–Kier alpha value is -1.31. The van der Waals surface area contributed by atoms with Gasteiger partial charge in [-0.2, -0.15) is 4.99 Å². The topological polar surface area (TPSA) is 38.7 Å². The normalized spacial score (nSPS) is 20.1. The molecule has 2 aliphatic rings. The summed E-state index contributed by atoms with van der Waals surface area (Å²) in [6.07, 6.45) is 5.93. The molecule has 0 aromatic heterocycles. The number of ether oxygens (including phenoxy) is 1. The number of rotatable bonds is 5. The van der Waals surface area contributed by atoms with E-state index in [-0.39, 0.29) is 5.54 Å². The molecule has 1 aromatic rings. The van der Waals surface area contributed by atoms with Gasteiger partial charge in [0.2, 0.25) is 6.08 Å². The van der Waals surface area contributed by atoms with Crippen molar-refractivity contribution in [3.8, 4) is 5.75 Å². The van der Waals surface area contributed by atoms with Crippen LogP contribution < -0.4 is 4.74 Å². The molecule has 2 fully saturated rings. The molecular weight excluding hydrogens is 250 g/mol. The van der Waals surface area contributed by atoms with E-state index >= 15 is 0 Å². The van der Waals surface area contributed by atoms with Crippen LogP contribution >= 0.6 is 11.6 Å². The van der Waals surface area contributed by atoms with Gasteiger partial charge < -0.3 is 4.74 Å². The summed E-state index contributed by atoms with van der Waals surface area (Å²) in [7, 11) is 0.